The first-order valence-corrected chi connectivity index (χ1v) is 21.2. The molecule has 3 aliphatic heterocycles. The van der Waals surface area contributed by atoms with Crippen LogP contribution >= 0.6 is 0 Å². The maximum Gasteiger partial charge on any atom is 0.255 e. The summed E-state index contributed by atoms with van der Waals surface area (Å²) in [5, 5.41) is 0. The number of sulfonamides is 1. The minimum Gasteiger partial charge on any atom is -0.379 e. The molecule has 0 bridgehead atoms. The maximum atomic E-state index is 15.5. The topological polar surface area (TPSA) is 75.1 Å². The van der Waals surface area contributed by atoms with Crippen LogP contribution < -0.4 is 0 Å². The molecule has 0 radical (unpaired) electrons. The van der Waals surface area contributed by atoms with Crippen molar-refractivity contribution in [2.75, 3.05) is 39.4 Å². The van der Waals surface area contributed by atoms with Gasteiger partial charge in [-0.15, -0.1) is 0 Å². The molecule has 0 aliphatic carbocycles. The Labute approximate surface area is 316 Å². The largest absolute Gasteiger partial charge is 0.379 e. The molecule has 282 valence electrons. The van der Waals surface area contributed by atoms with Crippen molar-refractivity contribution < 1.29 is 17.9 Å². The van der Waals surface area contributed by atoms with Gasteiger partial charge in [-0.1, -0.05) is 69.2 Å². The van der Waals surface area contributed by atoms with E-state index in [-0.39, 0.29) is 18.5 Å². The molecule has 1 saturated heterocycles. The van der Waals surface area contributed by atoms with Crippen molar-refractivity contribution in [3.05, 3.63) is 111 Å². The second-order valence-electron chi connectivity index (χ2n) is 15.2. The number of amides is 1. The Morgan fingerprint density at radius 3 is 2.21 bits per heavy atom. The van der Waals surface area contributed by atoms with Crippen molar-refractivity contribution in [2.24, 2.45) is 7.05 Å². The van der Waals surface area contributed by atoms with Crippen molar-refractivity contribution in [3.8, 4) is 11.3 Å². The first kappa shape index (κ1) is 37.6. The number of rotatable bonds is 12. The van der Waals surface area contributed by atoms with Crippen LogP contribution in [0.25, 0.3) is 11.3 Å². The third kappa shape index (κ3) is 7.63. The number of benzene rings is 3. The summed E-state index contributed by atoms with van der Waals surface area (Å²) in [5.74, 6) is 0.0222. The molecule has 1 atom stereocenters. The SMILES string of the molecule is CCCCc1c(CCCC)c(-c2cc3c(cc2C(=O)N2Cc4ccccc4C[C@H]2CN2CCOCC2)CN(S(=O)(=O)c2ccccc2)CC3)n(C)c1C. The minimum absolute atomic E-state index is 0.00386. The molecule has 8 nitrogen and oxygen atoms in total. The van der Waals surface area contributed by atoms with Gasteiger partial charge in [0.05, 0.1) is 23.8 Å². The number of unbranched alkanes of at least 4 members (excludes halogenated alkanes) is 2. The summed E-state index contributed by atoms with van der Waals surface area (Å²) < 4.78 is 37.3. The number of hydrogen-bond donors (Lipinski definition) is 0. The van der Waals surface area contributed by atoms with Gasteiger partial charge in [0.1, 0.15) is 0 Å². The fourth-order valence-corrected chi connectivity index (χ4v) is 10.2. The summed E-state index contributed by atoms with van der Waals surface area (Å²) in [5.41, 5.74) is 11.4. The number of morpholine rings is 1. The fourth-order valence-electron chi connectivity index (χ4n) is 8.71. The van der Waals surface area contributed by atoms with E-state index < -0.39 is 10.0 Å². The lowest BCUT2D eigenvalue weighted by Gasteiger charge is -2.41. The highest BCUT2D eigenvalue weighted by Gasteiger charge is 2.36. The van der Waals surface area contributed by atoms with E-state index in [0.717, 1.165) is 87.0 Å². The van der Waals surface area contributed by atoms with Crippen molar-refractivity contribution in [2.45, 2.75) is 96.2 Å². The number of carbonyl (C=O) groups is 1. The van der Waals surface area contributed by atoms with Crippen LogP contribution in [-0.4, -0.2) is 78.4 Å². The molecule has 0 N–H and O–H groups in total. The van der Waals surface area contributed by atoms with Crippen LogP contribution in [0.1, 0.15) is 89.0 Å². The molecule has 4 heterocycles. The summed E-state index contributed by atoms with van der Waals surface area (Å²) in [6, 6.07) is 21.5. The van der Waals surface area contributed by atoms with E-state index in [0.29, 0.717) is 43.2 Å². The molecule has 9 heteroatoms. The molecule has 1 aromatic heterocycles. The first-order chi connectivity index (χ1) is 25.7. The molecule has 1 fully saturated rings. The number of fused-ring (bicyclic) bond motifs is 2. The molecule has 0 spiro atoms. The predicted molar refractivity (Wildman–Crippen MR) is 212 cm³/mol. The van der Waals surface area contributed by atoms with Crippen molar-refractivity contribution in [1.29, 1.82) is 0 Å². The molecule has 4 aromatic rings. The van der Waals surface area contributed by atoms with Crippen molar-refractivity contribution in [1.82, 2.24) is 18.7 Å². The molecular weight excluding hydrogens is 681 g/mol. The molecular formula is C44H56N4O4S. The first-order valence-electron chi connectivity index (χ1n) is 19.8. The number of aromatic nitrogens is 1. The van der Waals surface area contributed by atoms with Gasteiger partial charge in [0.15, 0.2) is 0 Å². The average molecular weight is 737 g/mol. The summed E-state index contributed by atoms with van der Waals surface area (Å²) in [4.78, 5) is 20.3. The van der Waals surface area contributed by atoms with E-state index in [1.54, 1.807) is 28.6 Å². The monoisotopic (exact) mass is 736 g/mol. The Bertz CT molecular complexity index is 2030. The van der Waals surface area contributed by atoms with E-state index in [9.17, 15) is 8.42 Å². The van der Waals surface area contributed by atoms with Gasteiger partial charge in [-0.2, -0.15) is 4.31 Å². The van der Waals surface area contributed by atoms with Gasteiger partial charge in [-0.25, -0.2) is 8.42 Å². The summed E-state index contributed by atoms with van der Waals surface area (Å²) in [7, 11) is -1.53. The van der Waals surface area contributed by atoms with Crippen molar-refractivity contribution in [3.63, 3.8) is 0 Å². The number of ether oxygens (including phenoxy) is 1. The number of nitrogens with zero attached hydrogens (tertiary/aromatic N) is 4. The highest BCUT2D eigenvalue weighted by atomic mass is 32.2. The Balaban J connectivity index is 1.36. The maximum absolute atomic E-state index is 15.5. The van der Waals surface area contributed by atoms with Gasteiger partial charge in [-0.05, 0) is 103 Å². The van der Waals surface area contributed by atoms with E-state index in [2.05, 4.69) is 78.6 Å². The average Bonchev–Trinajstić information content (AvgIpc) is 3.42. The Morgan fingerprint density at radius 1 is 0.811 bits per heavy atom. The molecule has 53 heavy (non-hydrogen) atoms. The second kappa shape index (κ2) is 16.3. The Kier molecular flexibility index (Phi) is 11.6. The summed E-state index contributed by atoms with van der Waals surface area (Å²) in [6.07, 6.45) is 7.83. The Morgan fingerprint density at radius 2 is 1.49 bits per heavy atom. The van der Waals surface area contributed by atoms with Gasteiger partial charge in [0.25, 0.3) is 5.91 Å². The number of hydrogen-bond acceptors (Lipinski definition) is 5. The molecule has 7 rings (SSSR count). The highest BCUT2D eigenvalue weighted by molar-refractivity contribution is 7.89. The summed E-state index contributed by atoms with van der Waals surface area (Å²) >= 11 is 0. The summed E-state index contributed by atoms with van der Waals surface area (Å²) in [6.45, 7) is 11.8. The van der Waals surface area contributed by atoms with E-state index in [1.165, 1.54) is 27.9 Å². The van der Waals surface area contributed by atoms with E-state index in [1.807, 2.05) is 6.07 Å². The standard InChI is InChI=1S/C44H56N4O4S/c1-5-7-18-39-32(3)45(4)43(40(39)19-8-6-2)41-27-34-20-21-47(53(50,51)38-16-10-9-11-17-38)29-36(34)28-42(41)44(49)48-30-35-15-13-12-14-33(35)26-37(48)31-46-22-24-52-25-23-46/h9-17,27-28,37H,5-8,18-26,29-31H2,1-4H3/t37-/m0/s1. The van der Waals surface area contributed by atoms with Crippen LogP contribution in [0, 0.1) is 6.92 Å². The van der Waals surface area contributed by atoms with E-state index >= 15 is 4.79 Å². The molecule has 3 aliphatic rings. The third-order valence-corrected chi connectivity index (χ3v) is 13.7. The molecule has 1 amide bonds. The van der Waals surface area contributed by atoms with Crippen LogP contribution in [0.5, 0.6) is 0 Å². The van der Waals surface area contributed by atoms with Gasteiger partial charge in [0.2, 0.25) is 10.0 Å². The zero-order chi connectivity index (χ0) is 37.1. The normalized spacial score (nSPS) is 18.2. The molecule has 0 unspecified atom stereocenters. The Hall–Kier alpha value is -3.76. The van der Waals surface area contributed by atoms with Gasteiger partial charge < -0.3 is 14.2 Å². The van der Waals surface area contributed by atoms with Crippen LogP contribution in [0.2, 0.25) is 0 Å². The van der Waals surface area contributed by atoms with Crippen molar-refractivity contribution >= 4 is 15.9 Å². The zero-order valence-electron chi connectivity index (χ0n) is 32.1. The minimum atomic E-state index is -3.70. The predicted octanol–water partition coefficient (Wildman–Crippen LogP) is 7.33. The third-order valence-electron chi connectivity index (χ3n) is 11.9. The van der Waals surface area contributed by atoms with Crippen LogP contribution in [0.4, 0.5) is 0 Å². The quantitative estimate of drug-likeness (QED) is 0.152. The fraction of sp³-hybridized carbons (Fsp3) is 0.477. The van der Waals surface area contributed by atoms with Gasteiger partial charge >= 0.3 is 0 Å². The molecule has 3 aromatic carbocycles. The lowest BCUT2D eigenvalue weighted by atomic mass is 9.88. The highest BCUT2D eigenvalue weighted by Crippen LogP contribution is 2.39. The van der Waals surface area contributed by atoms with Crippen LogP contribution in [0.15, 0.2) is 71.6 Å². The smallest absolute Gasteiger partial charge is 0.255 e. The zero-order valence-corrected chi connectivity index (χ0v) is 32.9. The van der Waals surface area contributed by atoms with Crippen LogP contribution in [-0.2, 0) is 60.6 Å². The lowest BCUT2D eigenvalue weighted by Crippen LogP contribution is -2.52. The lowest BCUT2D eigenvalue weighted by molar-refractivity contribution is 0.0193. The molecule has 0 saturated carbocycles. The van der Waals surface area contributed by atoms with Gasteiger partial charge in [0, 0.05) is 69.2 Å². The number of carbonyl (C=O) groups excluding carboxylic acids is 1. The van der Waals surface area contributed by atoms with Crippen LogP contribution in [0.3, 0.4) is 0 Å². The second-order valence-corrected chi connectivity index (χ2v) is 17.1. The van der Waals surface area contributed by atoms with E-state index in [4.69, 9.17) is 4.74 Å². The van der Waals surface area contributed by atoms with Gasteiger partial charge in [-0.3, -0.25) is 9.69 Å².